The van der Waals surface area contributed by atoms with Crippen molar-refractivity contribution in [1.29, 1.82) is 0 Å². The van der Waals surface area contributed by atoms with E-state index < -0.39 is 32.3 Å². The van der Waals surface area contributed by atoms with Crippen LogP contribution in [0.3, 0.4) is 0 Å². The molecule has 6 nitrogen and oxygen atoms in total. The molecule has 0 rings (SSSR count). The smallest absolute Gasteiger partial charge is 0.411 e. The number of carbonyl (C=O) groups is 2. The van der Waals surface area contributed by atoms with E-state index in [1.807, 2.05) is 0 Å². The Kier molecular flexibility index (Phi) is 3.54. The predicted octanol–water partition coefficient (Wildman–Crippen LogP) is -1.23. The third-order valence-electron chi connectivity index (χ3n) is 0.737. The minimum atomic E-state index is -4.14. The zero-order valence-electron chi connectivity index (χ0n) is 5.47. The molecule has 0 bridgehead atoms. The Bertz CT molecular complexity index is 170. The van der Waals surface area contributed by atoms with E-state index in [-0.39, 0.29) is 0 Å². The molecule has 0 atom stereocenters. The average Bonchev–Trinajstić information content (AvgIpc) is 1.53. The summed E-state index contributed by atoms with van der Waals surface area (Å²) in [7, 11) is -4.14. The Hall–Kier alpha value is -0.550. The minimum Gasteiger partial charge on any atom is -0.481 e. The van der Waals surface area contributed by atoms with Crippen molar-refractivity contribution in [2.75, 3.05) is 6.16 Å². The van der Waals surface area contributed by atoms with Crippen molar-refractivity contribution in [1.82, 2.24) is 0 Å². The minimum absolute atomic E-state index is 0.802. The van der Waals surface area contributed by atoms with Crippen LogP contribution < -0.4 is 0 Å². The fourth-order valence-corrected chi connectivity index (χ4v) is 1.05. The molecule has 0 spiro atoms. The summed E-state index contributed by atoms with van der Waals surface area (Å²) in [5.41, 5.74) is 0. The highest BCUT2D eigenvalue weighted by molar-refractivity contribution is 7.59. The molecule has 0 aliphatic heterocycles. The zero-order valence-corrected chi connectivity index (χ0v) is 6.36. The number of hydrogen-bond acceptors (Lipinski definition) is 5. The maximum atomic E-state index is 10.4. The molecule has 0 aromatic carbocycles. The van der Waals surface area contributed by atoms with Gasteiger partial charge >= 0.3 is 13.9 Å². The molecule has 0 heterocycles. The molecule has 0 aliphatic carbocycles. The van der Waals surface area contributed by atoms with Gasteiger partial charge in [-0.3, -0.25) is 9.59 Å². The van der Waals surface area contributed by atoms with Crippen LogP contribution in [0.5, 0.6) is 0 Å². The summed E-state index contributed by atoms with van der Waals surface area (Å²) in [6.45, 7) is 0. The molecular formula is C4H8O6P+. The van der Waals surface area contributed by atoms with Gasteiger partial charge in [-0.25, -0.2) is 0 Å². The van der Waals surface area contributed by atoms with Crippen LogP contribution in [0.25, 0.3) is 0 Å². The van der Waals surface area contributed by atoms with Gasteiger partial charge < -0.3 is 5.11 Å². The van der Waals surface area contributed by atoms with Crippen molar-refractivity contribution in [3.63, 3.8) is 0 Å². The Morgan fingerprint density at radius 3 is 1.91 bits per heavy atom. The van der Waals surface area contributed by atoms with Crippen molar-refractivity contribution < 1.29 is 29.4 Å². The largest absolute Gasteiger partial charge is 0.481 e. The van der Waals surface area contributed by atoms with Gasteiger partial charge in [0, 0.05) is 0 Å². The Morgan fingerprint density at radius 2 is 1.64 bits per heavy atom. The van der Waals surface area contributed by atoms with Crippen LogP contribution in [-0.4, -0.2) is 37.7 Å². The second kappa shape index (κ2) is 3.73. The van der Waals surface area contributed by atoms with Crippen molar-refractivity contribution in [2.24, 2.45) is 0 Å². The van der Waals surface area contributed by atoms with E-state index in [4.69, 9.17) is 19.8 Å². The molecule has 0 aromatic rings. The summed E-state index contributed by atoms with van der Waals surface area (Å²) in [6.07, 6.45) is -1.69. The monoisotopic (exact) mass is 183 g/mol. The van der Waals surface area contributed by atoms with Crippen LogP contribution in [0.15, 0.2) is 0 Å². The maximum absolute atomic E-state index is 10.4. The first-order valence-corrected chi connectivity index (χ1v) is 4.44. The standard InChI is InChI=1S/C4H7O6P/c5-3(1-4(6)7)2-11(8,9)10/h8-10H,1-2H2/p+1. The molecule has 0 fully saturated rings. The lowest BCUT2D eigenvalue weighted by Crippen LogP contribution is -2.13. The lowest BCUT2D eigenvalue weighted by molar-refractivity contribution is -0.139. The first-order chi connectivity index (χ1) is 4.81. The second-order valence-electron chi connectivity index (χ2n) is 1.96. The van der Waals surface area contributed by atoms with Crippen molar-refractivity contribution in [2.45, 2.75) is 6.42 Å². The van der Waals surface area contributed by atoms with Crippen LogP contribution in [0, 0.1) is 0 Å². The van der Waals surface area contributed by atoms with Gasteiger partial charge in [-0.1, -0.05) is 0 Å². The summed E-state index contributed by atoms with van der Waals surface area (Å²) >= 11 is 0. The molecule has 7 heteroatoms. The Morgan fingerprint density at radius 1 is 1.18 bits per heavy atom. The predicted molar refractivity (Wildman–Crippen MR) is 35.7 cm³/mol. The summed E-state index contributed by atoms with van der Waals surface area (Å²) < 4.78 is 0. The molecule has 0 unspecified atom stereocenters. The van der Waals surface area contributed by atoms with Crippen LogP contribution in [0.4, 0.5) is 0 Å². The molecule has 0 radical (unpaired) electrons. The summed E-state index contributed by atoms with van der Waals surface area (Å²) in [6, 6.07) is 0. The first kappa shape index (κ1) is 10.4. The molecule has 11 heavy (non-hydrogen) atoms. The molecule has 0 saturated carbocycles. The fourth-order valence-electron chi connectivity index (χ4n) is 0.461. The lowest BCUT2D eigenvalue weighted by atomic mass is 10.3. The SMILES string of the molecule is O=C(O)CC(=O)C[P+](O)(O)O. The van der Waals surface area contributed by atoms with E-state index in [9.17, 15) is 9.59 Å². The molecular weight excluding hydrogens is 175 g/mol. The molecule has 4 N–H and O–H groups in total. The van der Waals surface area contributed by atoms with Gasteiger partial charge in [-0.15, -0.1) is 0 Å². The quantitative estimate of drug-likeness (QED) is 0.320. The molecule has 64 valence electrons. The van der Waals surface area contributed by atoms with E-state index in [1.54, 1.807) is 0 Å². The Balaban J connectivity index is 3.80. The highest BCUT2D eigenvalue weighted by Crippen LogP contribution is 2.44. The number of carboxylic acid groups (broad SMARTS) is 1. The number of aliphatic carboxylic acids is 1. The van der Waals surface area contributed by atoms with Gasteiger partial charge in [0.05, 0.1) is 0 Å². The lowest BCUT2D eigenvalue weighted by Gasteiger charge is -2.00. The Labute approximate surface area is 62.7 Å². The summed E-state index contributed by atoms with van der Waals surface area (Å²) in [5, 5.41) is 8.03. The molecule has 0 saturated heterocycles. The van der Waals surface area contributed by atoms with Gasteiger partial charge in [0.1, 0.15) is 6.42 Å². The van der Waals surface area contributed by atoms with Gasteiger partial charge in [-0.2, -0.15) is 14.7 Å². The highest BCUT2D eigenvalue weighted by Gasteiger charge is 2.34. The third-order valence-corrected chi connectivity index (χ3v) is 1.51. The van der Waals surface area contributed by atoms with Gasteiger partial charge in [-0.05, 0) is 0 Å². The second-order valence-corrected chi connectivity index (χ2v) is 3.66. The topological polar surface area (TPSA) is 115 Å². The van der Waals surface area contributed by atoms with Crippen molar-refractivity contribution >= 4 is 19.7 Å². The number of Topliss-reactive ketones (excluding diaryl/α,β-unsaturated/α-hetero) is 1. The van der Waals surface area contributed by atoms with Gasteiger partial charge in [0.15, 0.2) is 11.9 Å². The molecule has 0 aromatic heterocycles. The number of carbonyl (C=O) groups excluding carboxylic acids is 1. The van der Waals surface area contributed by atoms with E-state index >= 15 is 0 Å². The number of carboxylic acids is 1. The number of rotatable bonds is 4. The van der Waals surface area contributed by atoms with E-state index in [1.165, 1.54) is 0 Å². The highest BCUT2D eigenvalue weighted by atomic mass is 31.2. The molecule has 0 aliphatic rings. The normalized spacial score (nSPS) is 11.2. The summed E-state index contributed by atoms with van der Waals surface area (Å²) in [5.74, 6) is -2.26. The van der Waals surface area contributed by atoms with E-state index in [2.05, 4.69) is 0 Å². The fraction of sp³-hybridized carbons (Fsp3) is 0.500. The number of hydrogen-bond donors (Lipinski definition) is 4. The summed E-state index contributed by atoms with van der Waals surface area (Å²) in [4.78, 5) is 45.2. The van der Waals surface area contributed by atoms with Crippen LogP contribution in [0.1, 0.15) is 6.42 Å². The number of ketones is 1. The zero-order chi connectivity index (χ0) is 9.07. The maximum Gasteiger partial charge on any atom is 0.411 e. The van der Waals surface area contributed by atoms with Gasteiger partial charge in [0.2, 0.25) is 0 Å². The van der Waals surface area contributed by atoms with Crippen LogP contribution in [0.2, 0.25) is 0 Å². The third kappa shape index (κ3) is 7.35. The van der Waals surface area contributed by atoms with Crippen molar-refractivity contribution in [3.05, 3.63) is 0 Å². The first-order valence-electron chi connectivity index (χ1n) is 2.61. The average molecular weight is 183 g/mol. The van der Waals surface area contributed by atoms with Crippen molar-refractivity contribution in [3.8, 4) is 0 Å². The van der Waals surface area contributed by atoms with E-state index in [0.717, 1.165) is 0 Å². The van der Waals surface area contributed by atoms with Gasteiger partial charge in [0.25, 0.3) is 0 Å². The van der Waals surface area contributed by atoms with E-state index in [0.29, 0.717) is 0 Å². The van der Waals surface area contributed by atoms with Crippen LogP contribution >= 0.6 is 7.94 Å². The molecule has 0 amide bonds. The van der Waals surface area contributed by atoms with Crippen LogP contribution in [-0.2, 0) is 9.59 Å².